The number of alkyl halides is 3. The zero-order valence-corrected chi connectivity index (χ0v) is 20.6. The highest BCUT2D eigenvalue weighted by Gasteiger charge is 2.40. The number of nitrogens with one attached hydrogen (secondary N) is 1. The number of hydrogen-bond donors (Lipinski definition) is 3. The zero-order valence-electron chi connectivity index (χ0n) is 19.7. The minimum Gasteiger partial charge on any atom is -0.372 e. The summed E-state index contributed by atoms with van der Waals surface area (Å²) in [4.78, 5) is 4.59. The molecule has 8 heteroatoms. The number of aliphatic hydroxyl groups is 1. The van der Waals surface area contributed by atoms with Crippen LogP contribution in [0.1, 0.15) is 40.8 Å². The van der Waals surface area contributed by atoms with Crippen LogP contribution in [0.25, 0.3) is 0 Å². The first-order valence-electron chi connectivity index (χ1n) is 11.6. The van der Waals surface area contributed by atoms with Gasteiger partial charge >= 0.3 is 6.18 Å². The summed E-state index contributed by atoms with van der Waals surface area (Å²) in [6.45, 7) is 1.68. The second kappa shape index (κ2) is 10.8. The van der Waals surface area contributed by atoms with Crippen molar-refractivity contribution in [2.75, 3.05) is 5.32 Å². The first kappa shape index (κ1) is 25.9. The Morgan fingerprint density at radius 2 is 1.47 bits per heavy atom. The van der Waals surface area contributed by atoms with Gasteiger partial charge < -0.3 is 16.2 Å². The molecule has 3 atom stereocenters. The van der Waals surface area contributed by atoms with Gasteiger partial charge in [-0.25, -0.2) is 4.98 Å². The summed E-state index contributed by atoms with van der Waals surface area (Å²) in [6.07, 6.45) is -4.04. The van der Waals surface area contributed by atoms with Crippen LogP contribution in [0.4, 0.5) is 18.3 Å². The normalized spacial score (nSPS) is 15.2. The minimum absolute atomic E-state index is 0.529. The summed E-state index contributed by atoms with van der Waals surface area (Å²) >= 11 is 1.37. The fourth-order valence-corrected chi connectivity index (χ4v) is 5.02. The molecule has 3 aromatic carbocycles. The molecule has 0 aliphatic heterocycles. The maximum atomic E-state index is 13.1. The van der Waals surface area contributed by atoms with E-state index in [4.69, 9.17) is 5.73 Å². The molecule has 4 rings (SSSR count). The van der Waals surface area contributed by atoms with Gasteiger partial charge in [0.05, 0.1) is 16.8 Å². The molecule has 0 spiro atoms. The Hall–Kier alpha value is -3.20. The molecule has 0 saturated carbocycles. The van der Waals surface area contributed by atoms with E-state index in [-0.39, 0.29) is 0 Å². The third-order valence-electron chi connectivity index (χ3n) is 6.24. The molecule has 4 nitrogen and oxygen atoms in total. The molecule has 0 amide bonds. The molecule has 188 valence electrons. The highest BCUT2D eigenvalue weighted by molar-refractivity contribution is 7.13. The van der Waals surface area contributed by atoms with Crippen LogP contribution in [-0.2, 0) is 19.0 Å². The highest BCUT2D eigenvalue weighted by atomic mass is 32.1. The Morgan fingerprint density at radius 1 is 0.889 bits per heavy atom. The van der Waals surface area contributed by atoms with Crippen LogP contribution >= 0.6 is 11.3 Å². The number of benzene rings is 3. The number of halogens is 3. The number of nitrogens with two attached hydrogens (primary N) is 1. The fraction of sp³-hybridized carbons (Fsp3) is 0.250. The largest absolute Gasteiger partial charge is 0.416 e. The summed E-state index contributed by atoms with van der Waals surface area (Å²) in [7, 11) is 0. The van der Waals surface area contributed by atoms with Gasteiger partial charge in [0.25, 0.3) is 0 Å². The number of aliphatic hydroxyl groups excluding tert-OH is 1. The van der Waals surface area contributed by atoms with Crippen molar-refractivity contribution < 1.29 is 18.3 Å². The maximum Gasteiger partial charge on any atom is 0.416 e. The Labute approximate surface area is 212 Å². The lowest BCUT2D eigenvalue weighted by Crippen LogP contribution is -2.56. The van der Waals surface area contributed by atoms with Gasteiger partial charge in [-0.3, -0.25) is 0 Å². The monoisotopic (exact) mass is 511 g/mol. The molecule has 1 aromatic heterocycles. The van der Waals surface area contributed by atoms with Crippen molar-refractivity contribution in [3.63, 3.8) is 0 Å². The van der Waals surface area contributed by atoms with Gasteiger partial charge in [-0.1, -0.05) is 72.8 Å². The van der Waals surface area contributed by atoms with E-state index in [1.807, 2.05) is 53.9 Å². The number of hydrogen-bond acceptors (Lipinski definition) is 5. The van der Waals surface area contributed by atoms with E-state index >= 15 is 0 Å². The third-order valence-corrected chi connectivity index (χ3v) is 7.06. The molecule has 0 fully saturated rings. The van der Waals surface area contributed by atoms with Gasteiger partial charge in [0.2, 0.25) is 0 Å². The second-order valence-electron chi connectivity index (χ2n) is 9.01. The van der Waals surface area contributed by atoms with Crippen molar-refractivity contribution in [2.45, 2.75) is 43.6 Å². The standard InChI is InChI=1S/C28H28F3N3OS/c1-27(32,25(35)34-26-33-23(18-36-26)17-12-19-8-4-2-5-9-19)24(20-10-6-3-7-11-20)21-13-15-22(16-14-21)28(29,30)31/h2-11,13-16,18,24-25,35H,12,17,32H2,1H3,(H,33,34). The smallest absolute Gasteiger partial charge is 0.372 e. The second-order valence-corrected chi connectivity index (χ2v) is 9.86. The molecular weight excluding hydrogens is 483 g/mol. The van der Waals surface area contributed by atoms with Crippen LogP contribution in [0, 0.1) is 0 Å². The number of rotatable bonds is 9. The molecule has 3 unspecified atom stereocenters. The molecule has 1 heterocycles. The molecule has 36 heavy (non-hydrogen) atoms. The van der Waals surface area contributed by atoms with Gasteiger partial charge in [-0.05, 0) is 48.6 Å². The van der Waals surface area contributed by atoms with Gasteiger partial charge in [0.1, 0.15) is 6.23 Å². The number of anilines is 1. The lowest BCUT2D eigenvalue weighted by molar-refractivity contribution is -0.137. The highest BCUT2D eigenvalue weighted by Crippen LogP contribution is 2.38. The minimum atomic E-state index is -4.43. The van der Waals surface area contributed by atoms with Gasteiger partial charge in [-0.15, -0.1) is 11.3 Å². The van der Waals surface area contributed by atoms with Gasteiger partial charge in [0.15, 0.2) is 5.13 Å². The van der Waals surface area contributed by atoms with Crippen molar-refractivity contribution >= 4 is 16.5 Å². The van der Waals surface area contributed by atoms with E-state index in [1.165, 1.54) is 29.0 Å². The van der Waals surface area contributed by atoms with Crippen molar-refractivity contribution in [2.24, 2.45) is 5.73 Å². The van der Waals surface area contributed by atoms with Crippen LogP contribution in [0.3, 0.4) is 0 Å². The van der Waals surface area contributed by atoms with Crippen molar-refractivity contribution in [1.29, 1.82) is 0 Å². The van der Waals surface area contributed by atoms with Gasteiger partial charge in [0, 0.05) is 11.3 Å². The lowest BCUT2D eigenvalue weighted by atomic mass is 9.75. The first-order chi connectivity index (χ1) is 17.1. The van der Waals surface area contributed by atoms with Crippen LogP contribution < -0.4 is 11.1 Å². The Morgan fingerprint density at radius 3 is 2.08 bits per heavy atom. The Bertz CT molecular complexity index is 1240. The number of aryl methyl sites for hydroxylation is 2. The SMILES string of the molecule is CC(N)(C(O)Nc1nc(CCc2ccccc2)cs1)C(c1ccccc1)c1ccc(C(F)(F)F)cc1. The predicted octanol–water partition coefficient (Wildman–Crippen LogP) is 6.23. The fourth-order valence-electron chi connectivity index (χ4n) is 4.26. The van der Waals surface area contributed by atoms with E-state index in [0.717, 1.165) is 36.2 Å². The predicted molar refractivity (Wildman–Crippen MR) is 138 cm³/mol. The topological polar surface area (TPSA) is 71.2 Å². The van der Waals surface area contributed by atoms with Gasteiger partial charge in [-0.2, -0.15) is 13.2 Å². The van der Waals surface area contributed by atoms with E-state index in [1.54, 1.807) is 6.92 Å². The molecule has 4 aromatic rings. The quantitative estimate of drug-likeness (QED) is 0.233. The molecule has 0 bridgehead atoms. The van der Waals surface area contributed by atoms with Crippen LogP contribution in [0.5, 0.6) is 0 Å². The van der Waals surface area contributed by atoms with Crippen molar-refractivity contribution in [3.05, 3.63) is 118 Å². The molecule has 0 aliphatic rings. The van der Waals surface area contributed by atoms with E-state index in [9.17, 15) is 18.3 Å². The van der Waals surface area contributed by atoms with Crippen molar-refractivity contribution in [1.82, 2.24) is 4.98 Å². The summed E-state index contributed by atoms with van der Waals surface area (Å²) in [5.41, 5.74) is 8.19. The molecule has 0 saturated heterocycles. The zero-order chi connectivity index (χ0) is 25.8. The summed E-state index contributed by atoms with van der Waals surface area (Å²) in [5.74, 6) is -0.582. The Kier molecular flexibility index (Phi) is 7.78. The van der Waals surface area contributed by atoms with Crippen LogP contribution in [-0.4, -0.2) is 21.9 Å². The van der Waals surface area contributed by atoms with Crippen LogP contribution in [0.2, 0.25) is 0 Å². The average Bonchev–Trinajstić information content (AvgIpc) is 3.31. The molecule has 0 aliphatic carbocycles. The number of aromatic nitrogens is 1. The summed E-state index contributed by atoms with van der Waals surface area (Å²) in [5, 5.41) is 16.7. The van der Waals surface area contributed by atoms with Crippen LogP contribution in [0.15, 0.2) is 90.3 Å². The molecule has 0 radical (unpaired) electrons. The Balaban J connectivity index is 1.53. The number of nitrogens with zero attached hydrogens (tertiary/aromatic N) is 1. The van der Waals surface area contributed by atoms with E-state index in [0.29, 0.717) is 10.7 Å². The van der Waals surface area contributed by atoms with Crippen molar-refractivity contribution in [3.8, 4) is 0 Å². The molecular formula is C28H28F3N3OS. The third kappa shape index (κ3) is 6.13. The van der Waals surface area contributed by atoms with E-state index in [2.05, 4.69) is 22.4 Å². The molecule has 4 N–H and O–H groups in total. The number of thiazole rings is 1. The first-order valence-corrected chi connectivity index (χ1v) is 12.5. The summed E-state index contributed by atoms with van der Waals surface area (Å²) in [6, 6.07) is 24.3. The average molecular weight is 512 g/mol. The maximum absolute atomic E-state index is 13.1. The van der Waals surface area contributed by atoms with E-state index < -0.39 is 29.4 Å². The summed E-state index contributed by atoms with van der Waals surface area (Å²) < 4.78 is 39.4. The lowest BCUT2D eigenvalue weighted by Gasteiger charge is -2.39.